The molecule has 4 nitrogen and oxygen atoms in total. The third-order valence-corrected chi connectivity index (χ3v) is 4.19. The Bertz CT molecular complexity index is 426. The summed E-state index contributed by atoms with van der Waals surface area (Å²) in [6.45, 7) is 2.12. The van der Waals surface area contributed by atoms with Crippen molar-refractivity contribution < 1.29 is 9.94 Å². The molecule has 1 saturated carbocycles. The van der Waals surface area contributed by atoms with Gasteiger partial charge in [0.1, 0.15) is 0 Å². The number of anilines is 2. The van der Waals surface area contributed by atoms with Crippen LogP contribution in [0.5, 0.6) is 0 Å². The number of rotatable bonds is 5. The van der Waals surface area contributed by atoms with Gasteiger partial charge in [-0.1, -0.05) is 13.0 Å². The molecule has 1 aliphatic rings. The SMILES string of the molecule is CCc1ccc(N[C@H]2CC[C@H](OC)CC2)c(N(C)O)c1. The molecule has 0 heterocycles. The highest BCUT2D eigenvalue weighted by molar-refractivity contribution is 5.70. The molecule has 0 saturated heterocycles. The summed E-state index contributed by atoms with van der Waals surface area (Å²) in [5.74, 6) is 0. The lowest BCUT2D eigenvalue weighted by Crippen LogP contribution is -2.29. The topological polar surface area (TPSA) is 44.7 Å². The quantitative estimate of drug-likeness (QED) is 0.810. The first-order valence-corrected chi connectivity index (χ1v) is 7.49. The lowest BCUT2D eigenvalue weighted by Gasteiger charge is -2.30. The molecular weight excluding hydrogens is 252 g/mol. The van der Waals surface area contributed by atoms with Gasteiger partial charge in [0.2, 0.25) is 0 Å². The molecule has 0 spiro atoms. The molecule has 0 radical (unpaired) electrons. The van der Waals surface area contributed by atoms with Crippen LogP contribution in [-0.4, -0.2) is 31.5 Å². The summed E-state index contributed by atoms with van der Waals surface area (Å²) in [6, 6.07) is 6.70. The summed E-state index contributed by atoms with van der Waals surface area (Å²) < 4.78 is 5.41. The maximum absolute atomic E-state index is 9.81. The normalized spacial score (nSPS) is 22.6. The molecule has 0 amide bonds. The van der Waals surface area contributed by atoms with Gasteiger partial charge in [-0.15, -0.1) is 0 Å². The van der Waals surface area contributed by atoms with E-state index in [1.165, 1.54) is 10.6 Å². The van der Waals surface area contributed by atoms with Crippen LogP contribution in [0, 0.1) is 0 Å². The minimum atomic E-state index is 0.413. The van der Waals surface area contributed by atoms with Crippen molar-refractivity contribution in [3.05, 3.63) is 23.8 Å². The predicted molar refractivity (Wildman–Crippen MR) is 82.7 cm³/mol. The number of nitrogens with zero attached hydrogens (tertiary/aromatic N) is 1. The minimum absolute atomic E-state index is 0.413. The van der Waals surface area contributed by atoms with E-state index in [2.05, 4.69) is 24.4 Å². The summed E-state index contributed by atoms with van der Waals surface area (Å²) in [4.78, 5) is 0. The van der Waals surface area contributed by atoms with Crippen molar-refractivity contribution in [1.82, 2.24) is 0 Å². The van der Waals surface area contributed by atoms with Gasteiger partial charge in [-0.05, 0) is 49.8 Å². The Balaban J connectivity index is 2.05. The molecule has 2 N–H and O–H groups in total. The lowest BCUT2D eigenvalue weighted by molar-refractivity contribution is 0.0682. The Morgan fingerprint density at radius 1 is 1.30 bits per heavy atom. The molecule has 0 unspecified atom stereocenters. The summed E-state index contributed by atoms with van der Waals surface area (Å²) in [6.07, 6.45) is 5.82. The number of aryl methyl sites for hydroxylation is 1. The second-order valence-corrected chi connectivity index (χ2v) is 5.58. The molecule has 1 aromatic rings. The Labute approximate surface area is 121 Å². The van der Waals surface area contributed by atoms with Gasteiger partial charge >= 0.3 is 0 Å². The van der Waals surface area contributed by atoms with Crippen molar-refractivity contribution in [3.8, 4) is 0 Å². The van der Waals surface area contributed by atoms with Gasteiger partial charge in [-0.25, -0.2) is 0 Å². The molecule has 1 fully saturated rings. The zero-order chi connectivity index (χ0) is 14.5. The van der Waals surface area contributed by atoms with Gasteiger partial charge in [0, 0.05) is 20.2 Å². The van der Waals surface area contributed by atoms with Gasteiger partial charge in [0.05, 0.1) is 17.5 Å². The van der Waals surface area contributed by atoms with E-state index in [1.807, 2.05) is 6.07 Å². The minimum Gasteiger partial charge on any atom is -0.381 e. The molecule has 4 heteroatoms. The van der Waals surface area contributed by atoms with Gasteiger partial charge in [0.15, 0.2) is 0 Å². The summed E-state index contributed by atoms with van der Waals surface area (Å²) in [5.41, 5.74) is 3.08. The van der Waals surface area contributed by atoms with Crippen molar-refractivity contribution in [2.24, 2.45) is 0 Å². The summed E-state index contributed by atoms with van der Waals surface area (Å²) >= 11 is 0. The van der Waals surface area contributed by atoms with Gasteiger partial charge in [-0.3, -0.25) is 10.3 Å². The molecule has 0 bridgehead atoms. The van der Waals surface area contributed by atoms with E-state index < -0.39 is 0 Å². The van der Waals surface area contributed by atoms with Crippen molar-refractivity contribution in [1.29, 1.82) is 0 Å². The molecule has 2 rings (SSSR count). The van der Waals surface area contributed by atoms with Crippen LogP contribution in [0.15, 0.2) is 18.2 Å². The van der Waals surface area contributed by atoms with E-state index >= 15 is 0 Å². The van der Waals surface area contributed by atoms with Crippen molar-refractivity contribution in [2.75, 3.05) is 24.5 Å². The Kier molecular flexibility index (Phi) is 5.26. The standard InChI is InChI=1S/C16H26N2O2/c1-4-12-5-10-15(16(11-12)18(2)19)17-13-6-8-14(20-3)9-7-13/h5,10-11,13-14,17,19H,4,6-9H2,1-3H3/t13-,14-. The smallest absolute Gasteiger partial charge is 0.0864 e. The van der Waals surface area contributed by atoms with Crippen molar-refractivity contribution in [2.45, 2.75) is 51.2 Å². The maximum atomic E-state index is 9.81. The van der Waals surface area contributed by atoms with E-state index in [0.29, 0.717) is 12.1 Å². The highest BCUT2D eigenvalue weighted by Gasteiger charge is 2.21. The largest absolute Gasteiger partial charge is 0.381 e. The molecular formula is C16H26N2O2. The molecule has 20 heavy (non-hydrogen) atoms. The van der Waals surface area contributed by atoms with Crippen LogP contribution in [0.3, 0.4) is 0 Å². The van der Waals surface area contributed by atoms with Crippen LogP contribution >= 0.6 is 0 Å². The van der Waals surface area contributed by atoms with Crippen molar-refractivity contribution in [3.63, 3.8) is 0 Å². The number of benzene rings is 1. The van der Waals surface area contributed by atoms with Crippen LogP contribution in [0.2, 0.25) is 0 Å². The van der Waals surface area contributed by atoms with Gasteiger partial charge in [0.25, 0.3) is 0 Å². The number of ether oxygens (including phenoxy) is 1. The Morgan fingerprint density at radius 2 is 2.00 bits per heavy atom. The fraction of sp³-hybridized carbons (Fsp3) is 0.625. The zero-order valence-electron chi connectivity index (χ0n) is 12.7. The van der Waals surface area contributed by atoms with Crippen LogP contribution in [0.25, 0.3) is 0 Å². The van der Waals surface area contributed by atoms with E-state index in [9.17, 15) is 5.21 Å². The first-order valence-electron chi connectivity index (χ1n) is 7.49. The molecule has 0 aliphatic heterocycles. The number of hydroxylamine groups is 1. The van der Waals surface area contributed by atoms with E-state index in [0.717, 1.165) is 43.5 Å². The fourth-order valence-electron chi connectivity index (χ4n) is 2.85. The number of nitrogens with one attached hydrogen (secondary N) is 1. The first kappa shape index (κ1) is 15.1. The highest BCUT2D eigenvalue weighted by Crippen LogP contribution is 2.30. The van der Waals surface area contributed by atoms with E-state index in [-0.39, 0.29) is 0 Å². The van der Waals surface area contributed by atoms with Crippen LogP contribution < -0.4 is 10.4 Å². The van der Waals surface area contributed by atoms with Crippen LogP contribution in [0.4, 0.5) is 11.4 Å². The second kappa shape index (κ2) is 6.95. The molecule has 112 valence electrons. The maximum Gasteiger partial charge on any atom is 0.0864 e. The average Bonchev–Trinajstić information content (AvgIpc) is 2.48. The number of hydrogen-bond acceptors (Lipinski definition) is 4. The first-order chi connectivity index (χ1) is 9.63. The third-order valence-electron chi connectivity index (χ3n) is 4.19. The van der Waals surface area contributed by atoms with Crippen LogP contribution in [0.1, 0.15) is 38.2 Å². The average molecular weight is 278 g/mol. The predicted octanol–water partition coefficient (Wildman–Crippen LogP) is 3.44. The van der Waals surface area contributed by atoms with Crippen molar-refractivity contribution >= 4 is 11.4 Å². The zero-order valence-corrected chi connectivity index (χ0v) is 12.7. The Hall–Kier alpha value is -1.26. The summed E-state index contributed by atoms with van der Waals surface area (Å²) in [7, 11) is 3.46. The fourth-order valence-corrected chi connectivity index (χ4v) is 2.85. The van der Waals surface area contributed by atoms with Gasteiger partial charge < -0.3 is 10.1 Å². The molecule has 1 aromatic carbocycles. The third kappa shape index (κ3) is 3.64. The number of hydrogen-bond donors (Lipinski definition) is 2. The second-order valence-electron chi connectivity index (χ2n) is 5.58. The summed E-state index contributed by atoms with van der Waals surface area (Å²) in [5, 5.41) is 14.6. The molecule has 1 aliphatic carbocycles. The highest BCUT2D eigenvalue weighted by atomic mass is 16.5. The molecule has 0 aromatic heterocycles. The Morgan fingerprint density at radius 3 is 2.55 bits per heavy atom. The van der Waals surface area contributed by atoms with E-state index in [4.69, 9.17) is 4.74 Å². The number of methoxy groups -OCH3 is 1. The molecule has 0 atom stereocenters. The van der Waals surface area contributed by atoms with E-state index in [1.54, 1.807) is 14.2 Å². The lowest BCUT2D eigenvalue weighted by atomic mass is 9.92. The monoisotopic (exact) mass is 278 g/mol. The van der Waals surface area contributed by atoms with Gasteiger partial charge in [-0.2, -0.15) is 0 Å². The van der Waals surface area contributed by atoms with Crippen LogP contribution in [-0.2, 0) is 11.2 Å².